The fraction of sp³-hybridized carbons (Fsp3) is 0.241. The molecule has 1 aromatic heterocycles. The van der Waals surface area contributed by atoms with Gasteiger partial charge in [-0.05, 0) is 42.0 Å². The summed E-state index contributed by atoms with van der Waals surface area (Å²) in [5.74, 6) is 1.22. The van der Waals surface area contributed by atoms with Crippen molar-refractivity contribution in [3.8, 4) is 11.8 Å². The summed E-state index contributed by atoms with van der Waals surface area (Å²) >= 11 is 5.98. The summed E-state index contributed by atoms with van der Waals surface area (Å²) in [6.45, 7) is 3.06. The van der Waals surface area contributed by atoms with E-state index >= 15 is 0 Å². The summed E-state index contributed by atoms with van der Waals surface area (Å²) in [6, 6.07) is 26.0. The molecular weight excluding hydrogens is 532 g/mol. The third-order valence-electron chi connectivity index (χ3n) is 5.40. The van der Waals surface area contributed by atoms with Crippen LogP contribution < -0.4 is 20.7 Å². The second-order valence-electron chi connectivity index (χ2n) is 8.43. The number of halogens is 1. The van der Waals surface area contributed by atoms with Gasteiger partial charge in [0.2, 0.25) is 11.9 Å². The lowest BCUT2D eigenvalue weighted by Crippen LogP contribution is -2.27. The third-order valence-corrected chi connectivity index (χ3v) is 5.65. The number of carbonyl (C=O) groups is 1. The van der Waals surface area contributed by atoms with Crippen LogP contribution in [0, 0.1) is 0 Å². The fourth-order valence-electron chi connectivity index (χ4n) is 3.42. The van der Waals surface area contributed by atoms with E-state index in [0.717, 1.165) is 5.56 Å². The first-order chi connectivity index (χ1) is 19.7. The molecule has 10 nitrogen and oxygen atoms in total. The van der Waals surface area contributed by atoms with Crippen molar-refractivity contribution < 1.29 is 19.0 Å². The maximum atomic E-state index is 12.0. The number of para-hydroxylation sites is 1. The second kappa shape index (κ2) is 16.0. The Labute approximate surface area is 238 Å². The maximum absolute atomic E-state index is 12.0. The summed E-state index contributed by atoms with van der Waals surface area (Å²) in [5.41, 5.74) is 1.65. The Hall–Kier alpha value is -4.25. The minimum absolute atomic E-state index is 0.120. The van der Waals surface area contributed by atoms with Gasteiger partial charge in [-0.2, -0.15) is 15.0 Å². The molecule has 3 N–H and O–H groups in total. The van der Waals surface area contributed by atoms with Gasteiger partial charge in [-0.25, -0.2) is 0 Å². The molecule has 4 rings (SSSR count). The summed E-state index contributed by atoms with van der Waals surface area (Å²) in [4.78, 5) is 25.2. The maximum Gasteiger partial charge on any atom is 0.328 e. The fourth-order valence-corrected chi connectivity index (χ4v) is 3.55. The van der Waals surface area contributed by atoms with Crippen molar-refractivity contribution in [2.75, 3.05) is 50.2 Å². The minimum atomic E-state index is -0.120. The number of nitrogens with one attached hydrogen (secondary N) is 3. The lowest BCUT2D eigenvalue weighted by atomic mass is 10.2. The SMILES string of the molecule is O=C(NCCOCCOCCNc1nc(NCc2ccc(Cl)cc2)nc(Oc2ccccc2)n1)c1ccccc1. The lowest BCUT2D eigenvalue weighted by Gasteiger charge is -2.11. The number of ether oxygens (including phenoxy) is 3. The van der Waals surface area contributed by atoms with Crippen molar-refractivity contribution >= 4 is 29.4 Å². The molecule has 0 unspecified atom stereocenters. The van der Waals surface area contributed by atoms with Crippen molar-refractivity contribution in [2.45, 2.75) is 6.54 Å². The number of amides is 1. The van der Waals surface area contributed by atoms with Gasteiger partial charge in [-0.15, -0.1) is 0 Å². The van der Waals surface area contributed by atoms with E-state index in [1.807, 2.05) is 72.8 Å². The van der Waals surface area contributed by atoms with E-state index in [9.17, 15) is 4.79 Å². The van der Waals surface area contributed by atoms with Gasteiger partial charge in [0.25, 0.3) is 5.91 Å². The Morgan fingerprint density at radius 1 is 0.700 bits per heavy atom. The van der Waals surface area contributed by atoms with Gasteiger partial charge in [0.15, 0.2) is 0 Å². The van der Waals surface area contributed by atoms with Crippen LogP contribution in [0.1, 0.15) is 15.9 Å². The van der Waals surface area contributed by atoms with E-state index in [1.54, 1.807) is 12.1 Å². The summed E-state index contributed by atoms with van der Waals surface area (Å²) in [5, 5.41) is 9.84. The predicted octanol–water partition coefficient (Wildman–Crippen LogP) is 4.80. The van der Waals surface area contributed by atoms with Crippen LogP contribution in [0.5, 0.6) is 11.8 Å². The number of anilines is 2. The first kappa shape index (κ1) is 28.8. The van der Waals surface area contributed by atoms with Crippen LogP contribution in [-0.4, -0.2) is 60.4 Å². The molecular formula is C29H31ClN6O4. The predicted molar refractivity (Wildman–Crippen MR) is 154 cm³/mol. The average Bonchev–Trinajstić information content (AvgIpc) is 2.98. The van der Waals surface area contributed by atoms with Gasteiger partial charge in [0.1, 0.15) is 5.75 Å². The number of aromatic nitrogens is 3. The normalized spacial score (nSPS) is 10.6. The molecule has 1 amide bonds. The number of rotatable bonds is 16. The molecule has 0 fully saturated rings. The quantitative estimate of drug-likeness (QED) is 0.165. The number of nitrogens with zero attached hydrogens (tertiary/aromatic N) is 3. The van der Waals surface area contributed by atoms with Gasteiger partial charge in [0, 0.05) is 30.2 Å². The zero-order valence-electron chi connectivity index (χ0n) is 21.9. The van der Waals surface area contributed by atoms with Crippen LogP contribution in [0.2, 0.25) is 5.02 Å². The Bertz CT molecular complexity index is 1310. The van der Waals surface area contributed by atoms with Gasteiger partial charge in [-0.1, -0.05) is 60.1 Å². The highest BCUT2D eigenvalue weighted by Crippen LogP contribution is 2.20. The highest BCUT2D eigenvalue weighted by atomic mass is 35.5. The molecule has 0 aliphatic carbocycles. The summed E-state index contributed by atoms with van der Waals surface area (Å²) < 4.78 is 17.0. The summed E-state index contributed by atoms with van der Waals surface area (Å²) in [7, 11) is 0. The van der Waals surface area contributed by atoms with Crippen molar-refractivity contribution in [3.05, 3.63) is 101 Å². The molecule has 0 bridgehead atoms. The molecule has 40 heavy (non-hydrogen) atoms. The molecule has 3 aromatic carbocycles. The van der Waals surface area contributed by atoms with Gasteiger partial charge in [0.05, 0.1) is 26.4 Å². The van der Waals surface area contributed by atoms with Crippen LogP contribution in [0.25, 0.3) is 0 Å². The van der Waals surface area contributed by atoms with E-state index in [2.05, 4.69) is 30.9 Å². The molecule has 0 radical (unpaired) electrons. The molecule has 0 saturated carbocycles. The molecule has 4 aromatic rings. The van der Waals surface area contributed by atoms with E-state index < -0.39 is 0 Å². The highest BCUT2D eigenvalue weighted by molar-refractivity contribution is 6.30. The molecule has 0 spiro atoms. The van der Waals surface area contributed by atoms with Crippen LogP contribution in [-0.2, 0) is 16.0 Å². The molecule has 11 heteroatoms. The minimum Gasteiger partial charge on any atom is -0.424 e. The van der Waals surface area contributed by atoms with Crippen LogP contribution in [0.4, 0.5) is 11.9 Å². The zero-order valence-corrected chi connectivity index (χ0v) is 22.6. The average molecular weight is 563 g/mol. The third kappa shape index (κ3) is 10.1. The van der Waals surface area contributed by atoms with E-state index in [-0.39, 0.29) is 11.9 Å². The van der Waals surface area contributed by atoms with Crippen molar-refractivity contribution in [2.24, 2.45) is 0 Å². The Morgan fingerprint density at radius 2 is 1.32 bits per heavy atom. The Kier molecular flexibility index (Phi) is 11.5. The Morgan fingerprint density at radius 3 is 2.02 bits per heavy atom. The number of hydrogen-bond donors (Lipinski definition) is 3. The second-order valence-corrected chi connectivity index (χ2v) is 8.87. The van der Waals surface area contributed by atoms with E-state index in [0.29, 0.717) is 74.3 Å². The topological polar surface area (TPSA) is 120 Å². The van der Waals surface area contributed by atoms with Gasteiger partial charge >= 0.3 is 6.01 Å². The van der Waals surface area contributed by atoms with Crippen LogP contribution >= 0.6 is 11.6 Å². The number of benzene rings is 3. The van der Waals surface area contributed by atoms with Crippen LogP contribution in [0.15, 0.2) is 84.9 Å². The molecule has 1 heterocycles. The molecule has 0 aliphatic rings. The van der Waals surface area contributed by atoms with E-state index in [1.165, 1.54) is 0 Å². The van der Waals surface area contributed by atoms with Crippen molar-refractivity contribution in [1.82, 2.24) is 20.3 Å². The number of hydrogen-bond acceptors (Lipinski definition) is 9. The molecule has 0 saturated heterocycles. The number of carbonyl (C=O) groups excluding carboxylic acids is 1. The van der Waals surface area contributed by atoms with Crippen molar-refractivity contribution in [1.29, 1.82) is 0 Å². The standard InChI is InChI=1S/C29H31ClN6O4/c30-24-13-11-22(12-14-24)21-33-28-34-27(35-29(36-28)40-25-9-5-2-6-10-25)32-16-18-39-20-19-38-17-15-31-26(37)23-7-3-1-4-8-23/h1-14H,15-21H2,(H,31,37)(H2,32,33,34,35,36). The van der Waals surface area contributed by atoms with Crippen LogP contribution in [0.3, 0.4) is 0 Å². The Balaban J connectivity index is 1.18. The van der Waals surface area contributed by atoms with Gasteiger partial charge < -0.3 is 30.2 Å². The molecule has 208 valence electrons. The van der Waals surface area contributed by atoms with E-state index in [4.69, 9.17) is 25.8 Å². The largest absolute Gasteiger partial charge is 0.424 e. The van der Waals surface area contributed by atoms with Crippen molar-refractivity contribution in [3.63, 3.8) is 0 Å². The zero-order chi connectivity index (χ0) is 27.8. The lowest BCUT2D eigenvalue weighted by molar-refractivity contribution is 0.0519. The monoisotopic (exact) mass is 562 g/mol. The highest BCUT2D eigenvalue weighted by Gasteiger charge is 2.09. The smallest absolute Gasteiger partial charge is 0.328 e. The first-order valence-corrected chi connectivity index (χ1v) is 13.2. The van der Waals surface area contributed by atoms with Gasteiger partial charge in [-0.3, -0.25) is 4.79 Å². The molecule has 0 atom stereocenters. The summed E-state index contributed by atoms with van der Waals surface area (Å²) in [6.07, 6.45) is 0. The molecule has 0 aliphatic heterocycles. The first-order valence-electron chi connectivity index (χ1n) is 12.9.